The van der Waals surface area contributed by atoms with Crippen LogP contribution in [-0.2, 0) is 6.42 Å². The van der Waals surface area contributed by atoms with Gasteiger partial charge in [0.15, 0.2) is 0 Å². The molecule has 0 unspecified atom stereocenters. The molecule has 6 nitrogen and oxygen atoms in total. The second-order valence-electron chi connectivity index (χ2n) is 7.11. The Labute approximate surface area is 184 Å². The molecule has 0 bridgehead atoms. The van der Waals surface area contributed by atoms with Gasteiger partial charge in [0.2, 0.25) is 0 Å². The minimum Gasteiger partial charge on any atom is -0.352 e. The monoisotopic (exact) mass is 428 g/mol. The summed E-state index contributed by atoms with van der Waals surface area (Å²) in [4.78, 5) is 25.7. The summed E-state index contributed by atoms with van der Waals surface area (Å²) >= 11 is 0. The van der Waals surface area contributed by atoms with Crippen molar-refractivity contribution in [3.8, 4) is 5.69 Å². The minimum atomic E-state index is -0.541. The predicted octanol–water partition coefficient (Wildman–Crippen LogP) is 4.24. The first-order valence-corrected chi connectivity index (χ1v) is 10.1. The number of para-hydroxylation sites is 1. The number of nitrogens with zero attached hydrogens (tertiary/aromatic N) is 2. The summed E-state index contributed by atoms with van der Waals surface area (Å²) < 4.78 is 15.1. The summed E-state index contributed by atoms with van der Waals surface area (Å²) in [5, 5.41) is 9.90. The average Bonchev–Trinajstić information content (AvgIpc) is 3.24. The van der Waals surface area contributed by atoms with Crippen LogP contribution in [0.1, 0.15) is 26.3 Å². The van der Waals surface area contributed by atoms with Crippen molar-refractivity contribution in [1.29, 1.82) is 0 Å². The maximum absolute atomic E-state index is 13.6. The molecular weight excluding hydrogens is 407 g/mol. The Morgan fingerprint density at radius 2 is 1.59 bits per heavy atom. The summed E-state index contributed by atoms with van der Waals surface area (Å²) in [5.41, 5.74) is 2.13. The Morgan fingerprint density at radius 3 is 2.31 bits per heavy atom. The Morgan fingerprint density at radius 1 is 0.875 bits per heavy atom. The molecule has 2 N–H and O–H groups in total. The van der Waals surface area contributed by atoms with E-state index in [9.17, 15) is 14.0 Å². The van der Waals surface area contributed by atoms with Crippen molar-refractivity contribution in [1.82, 2.24) is 15.1 Å². The molecule has 4 rings (SSSR count). The lowest BCUT2D eigenvalue weighted by atomic mass is 10.1. The second-order valence-corrected chi connectivity index (χ2v) is 7.11. The third-order valence-corrected chi connectivity index (χ3v) is 4.88. The van der Waals surface area contributed by atoms with Gasteiger partial charge in [-0.3, -0.25) is 9.59 Å². The fourth-order valence-electron chi connectivity index (χ4n) is 3.27. The number of anilines is 1. The lowest BCUT2D eigenvalue weighted by molar-refractivity contribution is 0.0955. The standard InChI is InChI=1S/C25H21FN4O2/c26-20-11-7-10-19(16-20)24(31)29-23-22(17-28-30(23)21-12-5-2-6-13-21)25(32)27-15-14-18-8-3-1-4-9-18/h1-13,16-17H,14-15H2,(H,27,32)(H,29,31). The Kier molecular flexibility index (Phi) is 6.36. The normalized spacial score (nSPS) is 10.5. The van der Waals surface area contributed by atoms with Crippen LogP contribution in [0.25, 0.3) is 5.69 Å². The van der Waals surface area contributed by atoms with Crippen molar-refractivity contribution in [3.63, 3.8) is 0 Å². The van der Waals surface area contributed by atoms with Crippen LogP contribution in [0.5, 0.6) is 0 Å². The quantitative estimate of drug-likeness (QED) is 0.462. The molecular formula is C25H21FN4O2. The van der Waals surface area contributed by atoms with E-state index >= 15 is 0 Å². The maximum atomic E-state index is 13.6. The fourth-order valence-corrected chi connectivity index (χ4v) is 3.27. The van der Waals surface area contributed by atoms with Crippen LogP contribution in [0.4, 0.5) is 10.2 Å². The van der Waals surface area contributed by atoms with Gasteiger partial charge in [-0.1, -0.05) is 54.6 Å². The van der Waals surface area contributed by atoms with Crippen LogP contribution in [0.15, 0.2) is 91.1 Å². The third kappa shape index (κ3) is 4.89. The van der Waals surface area contributed by atoms with E-state index in [4.69, 9.17) is 0 Å². The van der Waals surface area contributed by atoms with Gasteiger partial charge in [0, 0.05) is 12.1 Å². The molecule has 0 fully saturated rings. The van der Waals surface area contributed by atoms with E-state index in [1.54, 1.807) is 0 Å². The summed E-state index contributed by atoms with van der Waals surface area (Å²) in [6, 6.07) is 24.3. The van der Waals surface area contributed by atoms with Crippen molar-refractivity contribution in [2.75, 3.05) is 11.9 Å². The SMILES string of the molecule is O=C(Nc1c(C(=O)NCCc2ccccc2)cnn1-c1ccccc1)c1cccc(F)c1. The average molecular weight is 428 g/mol. The van der Waals surface area contributed by atoms with Crippen LogP contribution in [0, 0.1) is 5.82 Å². The summed E-state index contributed by atoms with van der Waals surface area (Å²) in [5.74, 6) is -1.21. The van der Waals surface area contributed by atoms with E-state index in [2.05, 4.69) is 15.7 Å². The van der Waals surface area contributed by atoms with Gasteiger partial charge in [-0.05, 0) is 42.3 Å². The molecule has 0 aliphatic heterocycles. The number of hydrogen-bond acceptors (Lipinski definition) is 3. The minimum absolute atomic E-state index is 0.140. The zero-order valence-electron chi connectivity index (χ0n) is 17.2. The van der Waals surface area contributed by atoms with Gasteiger partial charge in [-0.15, -0.1) is 0 Å². The fraction of sp³-hybridized carbons (Fsp3) is 0.0800. The van der Waals surface area contributed by atoms with E-state index < -0.39 is 11.7 Å². The number of aromatic nitrogens is 2. The zero-order chi connectivity index (χ0) is 22.3. The molecule has 0 atom stereocenters. The second kappa shape index (κ2) is 9.70. The highest BCUT2D eigenvalue weighted by atomic mass is 19.1. The summed E-state index contributed by atoms with van der Waals surface area (Å²) in [6.07, 6.45) is 2.08. The topological polar surface area (TPSA) is 76.0 Å². The van der Waals surface area contributed by atoms with Gasteiger partial charge in [-0.25, -0.2) is 9.07 Å². The third-order valence-electron chi connectivity index (χ3n) is 4.88. The molecule has 4 aromatic rings. The van der Waals surface area contributed by atoms with E-state index in [-0.39, 0.29) is 22.9 Å². The van der Waals surface area contributed by atoms with E-state index in [1.807, 2.05) is 60.7 Å². The molecule has 0 spiro atoms. The van der Waals surface area contributed by atoms with Crippen LogP contribution < -0.4 is 10.6 Å². The zero-order valence-corrected chi connectivity index (χ0v) is 17.2. The molecule has 0 saturated heterocycles. The number of carbonyl (C=O) groups excluding carboxylic acids is 2. The number of hydrogen-bond donors (Lipinski definition) is 2. The van der Waals surface area contributed by atoms with Gasteiger partial charge in [-0.2, -0.15) is 5.10 Å². The molecule has 32 heavy (non-hydrogen) atoms. The van der Waals surface area contributed by atoms with Crippen molar-refractivity contribution in [3.05, 3.63) is 114 Å². The summed E-state index contributed by atoms with van der Waals surface area (Å²) in [6.45, 7) is 0.427. The lowest BCUT2D eigenvalue weighted by Crippen LogP contribution is -2.27. The molecule has 1 heterocycles. The van der Waals surface area contributed by atoms with Gasteiger partial charge in [0.25, 0.3) is 11.8 Å². The maximum Gasteiger partial charge on any atom is 0.256 e. The number of nitrogens with one attached hydrogen (secondary N) is 2. The van der Waals surface area contributed by atoms with Gasteiger partial charge >= 0.3 is 0 Å². The highest BCUT2D eigenvalue weighted by molar-refractivity contribution is 6.08. The van der Waals surface area contributed by atoms with Crippen LogP contribution in [-0.4, -0.2) is 28.1 Å². The highest BCUT2D eigenvalue weighted by Gasteiger charge is 2.21. The summed E-state index contributed by atoms with van der Waals surface area (Å²) in [7, 11) is 0. The number of rotatable bonds is 7. The van der Waals surface area contributed by atoms with Crippen LogP contribution in [0.2, 0.25) is 0 Å². The first-order chi connectivity index (χ1) is 15.6. The van der Waals surface area contributed by atoms with Gasteiger partial charge < -0.3 is 10.6 Å². The predicted molar refractivity (Wildman–Crippen MR) is 120 cm³/mol. The first kappa shape index (κ1) is 21.0. The van der Waals surface area contributed by atoms with Crippen molar-refractivity contribution >= 4 is 17.6 Å². The lowest BCUT2D eigenvalue weighted by Gasteiger charge is -2.12. The van der Waals surface area contributed by atoms with Gasteiger partial charge in [0.1, 0.15) is 17.2 Å². The molecule has 0 saturated carbocycles. The number of amides is 2. The highest BCUT2D eigenvalue weighted by Crippen LogP contribution is 2.21. The van der Waals surface area contributed by atoms with E-state index in [0.29, 0.717) is 18.7 Å². The van der Waals surface area contributed by atoms with Crippen LogP contribution >= 0.6 is 0 Å². The van der Waals surface area contributed by atoms with E-state index in [0.717, 1.165) is 11.6 Å². The first-order valence-electron chi connectivity index (χ1n) is 10.1. The van der Waals surface area contributed by atoms with Crippen molar-refractivity contribution in [2.45, 2.75) is 6.42 Å². The van der Waals surface area contributed by atoms with Crippen molar-refractivity contribution in [2.24, 2.45) is 0 Å². The van der Waals surface area contributed by atoms with Crippen molar-refractivity contribution < 1.29 is 14.0 Å². The Bertz CT molecular complexity index is 1220. The van der Waals surface area contributed by atoms with Gasteiger partial charge in [0.05, 0.1) is 11.9 Å². The molecule has 160 valence electrons. The Hall–Kier alpha value is -4.26. The molecule has 3 aromatic carbocycles. The Balaban J connectivity index is 1.58. The molecule has 7 heteroatoms. The molecule has 2 amide bonds. The molecule has 0 radical (unpaired) electrons. The smallest absolute Gasteiger partial charge is 0.256 e. The number of halogens is 1. The number of carbonyl (C=O) groups is 2. The molecule has 1 aromatic heterocycles. The molecule has 0 aliphatic carbocycles. The largest absolute Gasteiger partial charge is 0.352 e. The van der Waals surface area contributed by atoms with E-state index in [1.165, 1.54) is 29.1 Å². The van der Waals surface area contributed by atoms with Crippen LogP contribution in [0.3, 0.4) is 0 Å². The molecule has 0 aliphatic rings. The number of benzene rings is 3.